The van der Waals surface area contributed by atoms with Gasteiger partial charge in [-0.1, -0.05) is 17.7 Å². The first-order valence-corrected chi connectivity index (χ1v) is 7.08. The lowest BCUT2D eigenvalue weighted by Crippen LogP contribution is -2.18. The highest BCUT2D eigenvalue weighted by molar-refractivity contribution is 6.31. The first-order chi connectivity index (χ1) is 10.2. The van der Waals surface area contributed by atoms with Crippen LogP contribution >= 0.6 is 11.6 Å². The number of allylic oxidation sites excluding steroid dienone is 5. The number of nitrogens with one attached hydrogen (secondary N) is 2. The Kier molecular flexibility index (Phi) is 3.73. The molecule has 0 amide bonds. The van der Waals surface area contributed by atoms with Gasteiger partial charge in [0.05, 0.1) is 0 Å². The van der Waals surface area contributed by atoms with E-state index in [0.717, 1.165) is 34.1 Å². The predicted molar refractivity (Wildman–Crippen MR) is 85.6 cm³/mol. The molecular weight excluding hydrogens is 286 g/mol. The first kappa shape index (κ1) is 13.8. The second-order valence-electron chi connectivity index (χ2n) is 4.89. The molecule has 5 heteroatoms. The Labute approximate surface area is 128 Å². The summed E-state index contributed by atoms with van der Waals surface area (Å²) in [6.07, 6.45) is 8.51. The number of benzene rings is 1. The monoisotopic (exact) mass is 301 g/mol. The molecule has 0 saturated heterocycles. The van der Waals surface area contributed by atoms with E-state index in [1.54, 1.807) is 6.07 Å². The van der Waals surface area contributed by atoms with Crippen LogP contribution in [-0.4, -0.2) is 5.11 Å². The fourth-order valence-electron chi connectivity index (χ4n) is 2.39. The van der Waals surface area contributed by atoms with E-state index in [1.807, 2.05) is 36.6 Å². The highest BCUT2D eigenvalue weighted by atomic mass is 35.5. The van der Waals surface area contributed by atoms with Gasteiger partial charge >= 0.3 is 0 Å². The number of halogens is 1. The average Bonchev–Trinajstić information content (AvgIpc) is 2.49. The van der Waals surface area contributed by atoms with E-state index >= 15 is 0 Å². The molecule has 1 aromatic rings. The predicted octanol–water partition coefficient (Wildman–Crippen LogP) is 3.04. The molecule has 0 radical (unpaired) electrons. The third-order valence-corrected chi connectivity index (χ3v) is 3.76. The molecule has 0 atom stereocenters. The summed E-state index contributed by atoms with van der Waals surface area (Å²) < 4.78 is 0. The van der Waals surface area contributed by atoms with Gasteiger partial charge < -0.3 is 21.5 Å². The topological polar surface area (TPSA) is 70.3 Å². The quantitative estimate of drug-likeness (QED) is 0.648. The van der Waals surface area contributed by atoms with Gasteiger partial charge in [0.2, 0.25) is 0 Å². The summed E-state index contributed by atoms with van der Waals surface area (Å²) in [6.45, 7) is 0.300. The van der Waals surface area contributed by atoms with E-state index < -0.39 is 0 Å². The number of phenols is 1. The van der Waals surface area contributed by atoms with Crippen LogP contribution in [0.1, 0.15) is 12.0 Å². The van der Waals surface area contributed by atoms with Gasteiger partial charge in [-0.05, 0) is 36.8 Å². The van der Waals surface area contributed by atoms with E-state index in [0.29, 0.717) is 12.1 Å². The Balaban J connectivity index is 1.91. The number of hydrogen-bond donors (Lipinski definition) is 4. The Hall–Kier alpha value is -2.17. The molecule has 0 bridgehead atoms. The molecule has 0 unspecified atom stereocenters. The molecule has 1 aliphatic carbocycles. The standard InChI is InChI=1S/C16H16ClN3O/c17-11-1-3-13-14(5-6-19-15(13)8-11)20-12-2-4-16(21)10(7-12)9-18/h1-2,4-8,19-21H,3,9,18H2. The van der Waals surface area contributed by atoms with Crippen LogP contribution in [0, 0.1) is 0 Å². The minimum Gasteiger partial charge on any atom is -0.508 e. The second kappa shape index (κ2) is 5.68. The van der Waals surface area contributed by atoms with Crippen molar-refractivity contribution in [3.8, 4) is 5.75 Å². The summed E-state index contributed by atoms with van der Waals surface area (Å²) in [4.78, 5) is 0. The van der Waals surface area contributed by atoms with E-state index in [-0.39, 0.29) is 5.75 Å². The van der Waals surface area contributed by atoms with Gasteiger partial charge in [0, 0.05) is 46.0 Å². The summed E-state index contributed by atoms with van der Waals surface area (Å²) in [5.74, 6) is 0.217. The minimum atomic E-state index is 0.217. The molecule has 1 heterocycles. The molecule has 3 rings (SSSR count). The number of aromatic hydroxyl groups is 1. The summed E-state index contributed by atoms with van der Waals surface area (Å²) >= 11 is 6.04. The number of rotatable bonds is 3. The van der Waals surface area contributed by atoms with E-state index in [9.17, 15) is 5.11 Å². The lowest BCUT2D eigenvalue weighted by molar-refractivity contribution is 0.468. The summed E-state index contributed by atoms with van der Waals surface area (Å²) in [7, 11) is 0. The van der Waals surface area contributed by atoms with Crippen LogP contribution in [0.2, 0.25) is 0 Å². The van der Waals surface area contributed by atoms with Crippen molar-refractivity contribution in [2.24, 2.45) is 5.73 Å². The summed E-state index contributed by atoms with van der Waals surface area (Å²) in [5.41, 5.74) is 10.4. The van der Waals surface area contributed by atoms with Crippen molar-refractivity contribution in [2.75, 3.05) is 5.32 Å². The Morgan fingerprint density at radius 1 is 1.38 bits per heavy atom. The van der Waals surface area contributed by atoms with Gasteiger partial charge in [-0.25, -0.2) is 0 Å². The van der Waals surface area contributed by atoms with Crippen LogP contribution in [0.15, 0.2) is 64.6 Å². The van der Waals surface area contributed by atoms with Crippen LogP contribution in [0.3, 0.4) is 0 Å². The maximum atomic E-state index is 9.68. The van der Waals surface area contributed by atoms with Crippen LogP contribution in [0.25, 0.3) is 0 Å². The van der Waals surface area contributed by atoms with Gasteiger partial charge in [-0.15, -0.1) is 0 Å². The molecule has 5 N–H and O–H groups in total. The number of dihydropyridines is 1. The fourth-order valence-corrected chi connectivity index (χ4v) is 2.58. The van der Waals surface area contributed by atoms with Crippen LogP contribution in [-0.2, 0) is 6.54 Å². The smallest absolute Gasteiger partial charge is 0.120 e. The number of nitrogens with two attached hydrogens (primary N) is 1. The minimum absolute atomic E-state index is 0.217. The number of anilines is 1. The van der Waals surface area contributed by atoms with Crippen LogP contribution in [0.4, 0.5) is 5.69 Å². The largest absolute Gasteiger partial charge is 0.508 e. The van der Waals surface area contributed by atoms with Crippen molar-refractivity contribution in [3.63, 3.8) is 0 Å². The van der Waals surface area contributed by atoms with Gasteiger partial charge in [0.1, 0.15) is 5.75 Å². The Morgan fingerprint density at radius 3 is 3.05 bits per heavy atom. The molecule has 2 aliphatic rings. The normalized spacial score (nSPS) is 16.9. The van der Waals surface area contributed by atoms with Crippen LogP contribution in [0.5, 0.6) is 5.75 Å². The second-order valence-corrected chi connectivity index (χ2v) is 5.33. The lowest BCUT2D eigenvalue weighted by Gasteiger charge is -2.23. The molecule has 21 heavy (non-hydrogen) atoms. The molecule has 0 fully saturated rings. The van der Waals surface area contributed by atoms with Crippen molar-refractivity contribution >= 4 is 17.3 Å². The molecular formula is C16H16ClN3O. The lowest BCUT2D eigenvalue weighted by atomic mass is 9.99. The maximum Gasteiger partial charge on any atom is 0.120 e. The van der Waals surface area contributed by atoms with Gasteiger partial charge in [0.15, 0.2) is 0 Å². The van der Waals surface area contributed by atoms with Gasteiger partial charge in [-0.2, -0.15) is 0 Å². The van der Waals surface area contributed by atoms with E-state index in [4.69, 9.17) is 17.3 Å². The van der Waals surface area contributed by atoms with Crippen LogP contribution < -0.4 is 16.4 Å². The zero-order chi connectivity index (χ0) is 14.8. The number of fused-ring (bicyclic) bond motifs is 1. The molecule has 1 aliphatic heterocycles. The molecule has 4 nitrogen and oxygen atoms in total. The Bertz CT molecular complexity index is 701. The van der Waals surface area contributed by atoms with Crippen molar-refractivity contribution in [1.82, 2.24) is 5.32 Å². The van der Waals surface area contributed by atoms with Crippen molar-refractivity contribution in [2.45, 2.75) is 13.0 Å². The maximum absolute atomic E-state index is 9.68. The SMILES string of the molecule is NCc1cc(NC2=C3CC=C(Cl)C=C3NC=C2)ccc1O. The highest BCUT2D eigenvalue weighted by Crippen LogP contribution is 2.30. The molecule has 0 saturated carbocycles. The number of phenolic OH excluding ortho intramolecular Hbond substituents is 1. The van der Waals surface area contributed by atoms with Crippen molar-refractivity contribution in [1.29, 1.82) is 0 Å². The fraction of sp³-hybridized carbons (Fsp3) is 0.125. The van der Waals surface area contributed by atoms with Gasteiger partial charge in [0.25, 0.3) is 0 Å². The molecule has 0 aromatic heterocycles. The molecule has 1 aromatic carbocycles. The molecule has 108 valence electrons. The Morgan fingerprint density at radius 2 is 2.24 bits per heavy atom. The number of hydrogen-bond acceptors (Lipinski definition) is 4. The average molecular weight is 302 g/mol. The summed E-state index contributed by atoms with van der Waals surface area (Å²) in [5, 5.41) is 17.0. The van der Waals surface area contributed by atoms with E-state index in [1.165, 1.54) is 0 Å². The zero-order valence-corrected chi connectivity index (χ0v) is 12.1. The zero-order valence-electron chi connectivity index (χ0n) is 11.4. The first-order valence-electron chi connectivity index (χ1n) is 6.70. The third kappa shape index (κ3) is 2.82. The van der Waals surface area contributed by atoms with Crippen molar-refractivity contribution in [3.05, 3.63) is 70.2 Å². The van der Waals surface area contributed by atoms with E-state index in [2.05, 4.69) is 10.6 Å². The highest BCUT2D eigenvalue weighted by Gasteiger charge is 2.16. The molecule has 0 spiro atoms. The van der Waals surface area contributed by atoms with Gasteiger partial charge in [-0.3, -0.25) is 0 Å². The third-order valence-electron chi connectivity index (χ3n) is 3.50. The summed E-state index contributed by atoms with van der Waals surface area (Å²) in [6, 6.07) is 5.33. The van der Waals surface area contributed by atoms with Crippen molar-refractivity contribution < 1.29 is 5.11 Å².